The van der Waals surface area contributed by atoms with Crippen LogP contribution in [0.25, 0.3) is 0 Å². The first kappa shape index (κ1) is 9.50. The molecule has 0 fully saturated rings. The van der Waals surface area contributed by atoms with E-state index in [1.54, 1.807) is 0 Å². The average molecular weight is 188 g/mol. The van der Waals surface area contributed by atoms with Crippen LogP contribution < -0.4 is 0 Å². The molecule has 0 atom stereocenters. The molecule has 1 aromatic heterocycles. The van der Waals surface area contributed by atoms with Gasteiger partial charge in [-0.25, -0.2) is 8.78 Å². The van der Waals surface area contributed by atoms with E-state index in [9.17, 15) is 18.9 Å². The molecule has 0 unspecified atom stereocenters. The molecule has 0 aliphatic heterocycles. The molecule has 4 nitrogen and oxygen atoms in total. The summed E-state index contributed by atoms with van der Waals surface area (Å²) in [6, 6.07) is 0. The molecule has 13 heavy (non-hydrogen) atoms. The van der Waals surface area contributed by atoms with Crippen molar-refractivity contribution >= 4 is 0 Å². The Morgan fingerprint density at radius 3 is 2.38 bits per heavy atom. The lowest BCUT2D eigenvalue weighted by Gasteiger charge is -1.99. The standard InChI is InChI=1S/C7H6F2N2O2/c8-6-3-10-4-7(9)5(6)1-2-11(12)13/h3-4H,1-2H2. The zero-order valence-corrected chi connectivity index (χ0v) is 6.54. The number of hydrogen-bond acceptors (Lipinski definition) is 3. The van der Waals surface area contributed by atoms with E-state index in [1.165, 1.54) is 0 Å². The first-order chi connectivity index (χ1) is 6.11. The minimum Gasteiger partial charge on any atom is -0.265 e. The van der Waals surface area contributed by atoms with Crippen molar-refractivity contribution in [3.63, 3.8) is 0 Å². The Hall–Kier alpha value is -1.59. The highest BCUT2D eigenvalue weighted by atomic mass is 19.1. The van der Waals surface area contributed by atoms with Gasteiger partial charge in [0.25, 0.3) is 0 Å². The largest absolute Gasteiger partial charge is 0.265 e. The third-order valence-corrected chi connectivity index (χ3v) is 1.50. The molecule has 0 spiro atoms. The summed E-state index contributed by atoms with van der Waals surface area (Å²) in [5, 5.41) is 9.94. The van der Waals surface area contributed by atoms with Crippen LogP contribution in [0.1, 0.15) is 5.56 Å². The maximum absolute atomic E-state index is 12.8. The van der Waals surface area contributed by atoms with Crippen molar-refractivity contribution in [2.24, 2.45) is 0 Å². The molecule has 1 aromatic rings. The maximum Gasteiger partial charge on any atom is 0.208 e. The van der Waals surface area contributed by atoms with E-state index in [0.29, 0.717) is 0 Å². The lowest BCUT2D eigenvalue weighted by Crippen LogP contribution is -2.07. The molecule has 0 aliphatic carbocycles. The zero-order chi connectivity index (χ0) is 9.84. The van der Waals surface area contributed by atoms with Gasteiger partial charge in [0.1, 0.15) is 11.6 Å². The number of pyridine rings is 1. The molecule has 0 amide bonds. The van der Waals surface area contributed by atoms with Gasteiger partial charge in [-0.2, -0.15) is 0 Å². The van der Waals surface area contributed by atoms with Crippen LogP contribution in [0.4, 0.5) is 8.78 Å². The van der Waals surface area contributed by atoms with Crippen molar-refractivity contribution < 1.29 is 13.7 Å². The van der Waals surface area contributed by atoms with Crippen LogP contribution in [-0.2, 0) is 6.42 Å². The highest BCUT2D eigenvalue weighted by Gasteiger charge is 2.11. The predicted octanol–water partition coefficient (Wildman–Crippen LogP) is 1.18. The molecule has 70 valence electrons. The SMILES string of the molecule is O=[N+]([O-])CCc1c(F)cncc1F. The Kier molecular flexibility index (Phi) is 2.84. The van der Waals surface area contributed by atoms with Crippen LogP contribution in [-0.4, -0.2) is 16.5 Å². The number of nitro groups is 1. The summed E-state index contributed by atoms with van der Waals surface area (Å²) in [6.45, 7) is -0.488. The van der Waals surface area contributed by atoms with Gasteiger partial charge < -0.3 is 0 Å². The van der Waals surface area contributed by atoms with Crippen LogP contribution in [0.2, 0.25) is 0 Å². The van der Waals surface area contributed by atoms with Gasteiger partial charge in [-0.1, -0.05) is 0 Å². The second-order valence-corrected chi connectivity index (χ2v) is 2.39. The molecular weight excluding hydrogens is 182 g/mol. The van der Waals surface area contributed by atoms with Gasteiger partial charge in [-0.05, 0) is 0 Å². The van der Waals surface area contributed by atoms with E-state index in [4.69, 9.17) is 0 Å². The van der Waals surface area contributed by atoms with Crippen molar-refractivity contribution in [1.29, 1.82) is 0 Å². The topological polar surface area (TPSA) is 56.0 Å². The minimum absolute atomic E-state index is 0.257. The summed E-state index contributed by atoms with van der Waals surface area (Å²) >= 11 is 0. The summed E-state index contributed by atoms with van der Waals surface area (Å²) in [6.07, 6.45) is 1.41. The molecule has 0 radical (unpaired) electrons. The highest BCUT2D eigenvalue weighted by molar-refractivity contribution is 5.14. The molecular formula is C7H6F2N2O2. The Morgan fingerprint density at radius 2 is 1.92 bits per heavy atom. The third-order valence-electron chi connectivity index (χ3n) is 1.50. The lowest BCUT2D eigenvalue weighted by atomic mass is 10.2. The Balaban J connectivity index is 2.81. The average Bonchev–Trinajstić information content (AvgIpc) is 2.03. The molecule has 0 saturated carbocycles. The normalized spacial score (nSPS) is 10.0. The van der Waals surface area contributed by atoms with Crippen molar-refractivity contribution in [3.8, 4) is 0 Å². The molecule has 0 aromatic carbocycles. The number of halogens is 2. The van der Waals surface area contributed by atoms with Gasteiger partial charge in [0.2, 0.25) is 6.54 Å². The second kappa shape index (κ2) is 3.88. The molecule has 0 bridgehead atoms. The fraction of sp³-hybridized carbons (Fsp3) is 0.286. The lowest BCUT2D eigenvalue weighted by molar-refractivity contribution is -0.479. The quantitative estimate of drug-likeness (QED) is 0.528. The Bertz CT molecular complexity index is 310. The first-order valence-electron chi connectivity index (χ1n) is 3.51. The molecule has 0 saturated heterocycles. The number of aromatic nitrogens is 1. The third kappa shape index (κ3) is 2.43. The predicted molar refractivity (Wildman–Crippen MR) is 39.7 cm³/mol. The van der Waals surface area contributed by atoms with Gasteiger partial charge in [-0.3, -0.25) is 15.1 Å². The van der Waals surface area contributed by atoms with Gasteiger partial charge in [0.15, 0.2) is 0 Å². The van der Waals surface area contributed by atoms with Crippen LogP contribution in [0.5, 0.6) is 0 Å². The van der Waals surface area contributed by atoms with Crippen molar-refractivity contribution in [1.82, 2.24) is 4.98 Å². The van der Waals surface area contributed by atoms with Crippen molar-refractivity contribution in [3.05, 3.63) is 39.7 Å². The molecule has 0 N–H and O–H groups in total. The van der Waals surface area contributed by atoms with Crippen molar-refractivity contribution in [2.45, 2.75) is 6.42 Å². The number of rotatable bonds is 3. The maximum atomic E-state index is 12.8. The fourth-order valence-corrected chi connectivity index (χ4v) is 0.880. The van der Waals surface area contributed by atoms with E-state index in [0.717, 1.165) is 12.4 Å². The summed E-state index contributed by atoms with van der Waals surface area (Å²) in [5.41, 5.74) is -0.285. The van der Waals surface area contributed by atoms with Crippen LogP contribution in [0.3, 0.4) is 0 Å². The number of hydrogen-bond donors (Lipinski definition) is 0. The van der Waals surface area contributed by atoms with Crippen molar-refractivity contribution in [2.75, 3.05) is 6.54 Å². The van der Waals surface area contributed by atoms with Crippen LogP contribution in [0, 0.1) is 21.7 Å². The minimum atomic E-state index is -0.846. The van der Waals surface area contributed by atoms with Crippen LogP contribution >= 0.6 is 0 Å². The highest BCUT2D eigenvalue weighted by Crippen LogP contribution is 2.10. The van der Waals surface area contributed by atoms with E-state index in [1.807, 2.05) is 0 Å². The monoisotopic (exact) mass is 188 g/mol. The van der Waals surface area contributed by atoms with Gasteiger partial charge in [0.05, 0.1) is 12.4 Å². The molecule has 0 aliphatic rings. The van der Waals surface area contributed by atoms with Gasteiger partial charge in [0, 0.05) is 16.9 Å². The van der Waals surface area contributed by atoms with E-state index in [-0.39, 0.29) is 12.0 Å². The first-order valence-corrected chi connectivity index (χ1v) is 3.51. The second-order valence-electron chi connectivity index (χ2n) is 2.39. The summed E-state index contributed by atoms with van der Waals surface area (Å²) in [5.74, 6) is -1.69. The molecule has 6 heteroatoms. The van der Waals surface area contributed by atoms with Gasteiger partial charge in [-0.15, -0.1) is 0 Å². The summed E-state index contributed by atoms with van der Waals surface area (Å²) in [4.78, 5) is 12.6. The Morgan fingerprint density at radius 1 is 1.38 bits per heavy atom. The smallest absolute Gasteiger partial charge is 0.208 e. The fourth-order valence-electron chi connectivity index (χ4n) is 0.880. The Labute approximate surface area is 72.4 Å². The summed E-state index contributed by atoms with van der Waals surface area (Å²) < 4.78 is 25.6. The zero-order valence-electron chi connectivity index (χ0n) is 6.54. The van der Waals surface area contributed by atoms with Crippen LogP contribution in [0.15, 0.2) is 12.4 Å². The summed E-state index contributed by atoms with van der Waals surface area (Å²) in [7, 11) is 0. The van der Waals surface area contributed by atoms with Gasteiger partial charge >= 0.3 is 0 Å². The van der Waals surface area contributed by atoms with E-state index >= 15 is 0 Å². The molecule has 1 rings (SSSR count). The van der Waals surface area contributed by atoms with E-state index < -0.39 is 23.1 Å². The van der Waals surface area contributed by atoms with E-state index in [2.05, 4.69) is 4.98 Å². The number of nitrogens with zero attached hydrogens (tertiary/aromatic N) is 2. The molecule has 1 heterocycles.